The number of thiophene rings is 1. The van der Waals surface area contributed by atoms with Gasteiger partial charge in [-0.15, -0.1) is 11.3 Å². The molecular formula is C27H24ClN3O6S. The third-order valence-electron chi connectivity index (χ3n) is 6.04. The molecule has 0 fully saturated rings. The highest BCUT2D eigenvalue weighted by Gasteiger charge is 2.28. The lowest BCUT2D eigenvalue weighted by Gasteiger charge is -2.12. The van der Waals surface area contributed by atoms with Crippen molar-refractivity contribution in [3.8, 4) is 17.4 Å². The number of rotatable bonds is 9. The number of amides is 1. The topological polar surface area (TPSA) is 135 Å². The van der Waals surface area contributed by atoms with E-state index < -0.39 is 16.8 Å². The van der Waals surface area contributed by atoms with Crippen molar-refractivity contribution < 1.29 is 23.7 Å². The quantitative estimate of drug-likeness (QED) is 0.0755. The molecule has 0 saturated heterocycles. The van der Waals surface area contributed by atoms with Crippen molar-refractivity contribution >= 4 is 51.6 Å². The van der Waals surface area contributed by atoms with Crippen molar-refractivity contribution in [2.24, 2.45) is 0 Å². The molecule has 2 heterocycles. The first-order valence-electron chi connectivity index (χ1n) is 12.1. The molecule has 0 aliphatic heterocycles. The van der Waals surface area contributed by atoms with Crippen LogP contribution in [0.15, 0.2) is 40.3 Å². The minimum Gasteiger partial charge on any atom is -0.462 e. The molecule has 0 bridgehead atoms. The number of ether oxygens (including phenoxy) is 1. The number of non-ortho nitro benzene ring substituents is 1. The molecule has 0 radical (unpaired) electrons. The SMILES string of the molecule is CCCCOC(=O)c1c(NC(=O)C(C#N)=Cc2ccc(-c3ccc([N+](=O)[O-])cc3Cl)o2)sc2c1CCCC2. The maximum atomic E-state index is 13.1. The third-order valence-corrected chi connectivity index (χ3v) is 7.56. The molecule has 9 nitrogen and oxygen atoms in total. The van der Waals surface area contributed by atoms with Gasteiger partial charge >= 0.3 is 5.97 Å². The Hall–Kier alpha value is -3.94. The molecule has 1 N–H and O–H groups in total. The minimum absolute atomic E-state index is 0.127. The number of nitrogens with one attached hydrogen (secondary N) is 1. The van der Waals surface area contributed by atoms with Crippen LogP contribution in [-0.2, 0) is 22.4 Å². The van der Waals surface area contributed by atoms with E-state index in [0.29, 0.717) is 28.5 Å². The zero-order valence-corrected chi connectivity index (χ0v) is 22.1. The Bertz CT molecular complexity index is 1470. The fourth-order valence-corrected chi connectivity index (χ4v) is 5.65. The first kappa shape index (κ1) is 27.1. The van der Waals surface area contributed by atoms with Gasteiger partial charge in [-0.25, -0.2) is 4.79 Å². The van der Waals surface area contributed by atoms with Crippen LogP contribution in [0.1, 0.15) is 59.2 Å². The number of nitrogens with zero attached hydrogens (tertiary/aromatic N) is 2. The van der Waals surface area contributed by atoms with Crippen LogP contribution in [-0.4, -0.2) is 23.4 Å². The number of hydrogen-bond acceptors (Lipinski definition) is 8. The van der Waals surface area contributed by atoms with Crippen LogP contribution in [0.5, 0.6) is 0 Å². The minimum atomic E-state index is -0.681. The molecule has 1 aliphatic carbocycles. The predicted molar refractivity (Wildman–Crippen MR) is 144 cm³/mol. The number of hydrogen-bond donors (Lipinski definition) is 1. The fourth-order valence-electron chi connectivity index (χ4n) is 4.11. The molecule has 1 aliphatic rings. The highest BCUT2D eigenvalue weighted by atomic mass is 35.5. The van der Waals surface area contributed by atoms with E-state index in [0.717, 1.165) is 49.0 Å². The second-order valence-electron chi connectivity index (χ2n) is 8.65. The molecule has 4 rings (SSSR count). The summed E-state index contributed by atoms with van der Waals surface area (Å²) in [4.78, 5) is 37.4. The van der Waals surface area contributed by atoms with E-state index in [1.54, 1.807) is 12.1 Å². The van der Waals surface area contributed by atoms with Crippen molar-refractivity contribution in [3.63, 3.8) is 0 Å². The normalized spacial score (nSPS) is 12.9. The molecule has 0 saturated carbocycles. The maximum absolute atomic E-state index is 13.1. The van der Waals surface area contributed by atoms with Gasteiger partial charge in [0, 0.05) is 28.6 Å². The molecule has 1 aromatic carbocycles. The number of benzene rings is 1. The molecule has 0 unspecified atom stereocenters. The van der Waals surface area contributed by atoms with Crippen molar-refractivity contribution in [1.82, 2.24) is 0 Å². The van der Waals surface area contributed by atoms with Crippen molar-refractivity contribution in [2.75, 3.05) is 11.9 Å². The van der Waals surface area contributed by atoms with Gasteiger partial charge in [-0.2, -0.15) is 5.26 Å². The highest BCUT2D eigenvalue weighted by molar-refractivity contribution is 7.17. The summed E-state index contributed by atoms with van der Waals surface area (Å²) in [6.07, 6.45) is 6.44. The van der Waals surface area contributed by atoms with Gasteiger partial charge < -0.3 is 14.5 Å². The van der Waals surface area contributed by atoms with E-state index in [4.69, 9.17) is 20.8 Å². The third kappa shape index (κ3) is 5.96. The molecule has 0 atom stereocenters. The summed E-state index contributed by atoms with van der Waals surface area (Å²) in [7, 11) is 0. The van der Waals surface area contributed by atoms with Crippen LogP contribution in [0.4, 0.5) is 10.7 Å². The zero-order chi connectivity index (χ0) is 27.2. The average Bonchev–Trinajstić information content (AvgIpc) is 3.51. The van der Waals surface area contributed by atoms with E-state index in [9.17, 15) is 25.0 Å². The molecule has 38 heavy (non-hydrogen) atoms. The highest BCUT2D eigenvalue weighted by Crippen LogP contribution is 2.39. The standard InChI is InChI=1S/C27H24ClN3O6S/c1-2-3-12-36-27(33)24-20-6-4-5-7-23(20)38-26(24)30-25(32)16(15-29)13-18-9-11-22(37-18)19-10-8-17(31(34)35)14-21(19)28/h8-11,13-14H,2-7,12H2,1H3,(H,30,32). The molecule has 196 valence electrons. The number of aryl methyl sites for hydroxylation is 1. The summed E-state index contributed by atoms with van der Waals surface area (Å²) in [5.41, 5.74) is 1.33. The van der Waals surface area contributed by atoms with E-state index >= 15 is 0 Å². The lowest BCUT2D eigenvalue weighted by atomic mass is 9.95. The number of esters is 1. The first-order chi connectivity index (χ1) is 18.3. The second-order valence-corrected chi connectivity index (χ2v) is 10.2. The van der Waals surface area contributed by atoms with Gasteiger partial charge in [0.25, 0.3) is 11.6 Å². The van der Waals surface area contributed by atoms with Crippen LogP contribution >= 0.6 is 22.9 Å². The molecule has 3 aromatic rings. The smallest absolute Gasteiger partial charge is 0.341 e. The van der Waals surface area contributed by atoms with Gasteiger partial charge in [0.2, 0.25) is 0 Å². The second kappa shape index (κ2) is 12.1. The summed E-state index contributed by atoms with van der Waals surface area (Å²) < 4.78 is 11.2. The molecule has 11 heteroatoms. The van der Waals surface area contributed by atoms with Gasteiger partial charge in [0.05, 0.1) is 22.1 Å². The van der Waals surface area contributed by atoms with Gasteiger partial charge in [-0.1, -0.05) is 24.9 Å². The number of nitro benzene ring substituents is 1. The van der Waals surface area contributed by atoms with Crippen LogP contribution in [0.2, 0.25) is 5.02 Å². The Balaban J connectivity index is 1.57. The van der Waals surface area contributed by atoms with Gasteiger partial charge in [-0.3, -0.25) is 14.9 Å². The lowest BCUT2D eigenvalue weighted by molar-refractivity contribution is -0.384. The van der Waals surface area contributed by atoms with E-state index in [2.05, 4.69) is 5.32 Å². The maximum Gasteiger partial charge on any atom is 0.341 e. The Labute approximate surface area is 227 Å². The summed E-state index contributed by atoms with van der Waals surface area (Å²) in [6.45, 7) is 2.31. The Morgan fingerprint density at radius 3 is 2.79 bits per heavy atom. The number of halogens is 1. The Kier molecular flexibility index (Phi) is 8.61. The Morgan fingerprint density at radius 1 is 1.29 bits per heavy atom. The Morgan fingerprint density at radius 2 is 2.08 bits per heavy atom. The number of carbonyl (C=O) groups excluding carboxylic acids is 2. The van der Waals surface area contributed by atoms with E-state index in [1.807, 2.05) is 13.0 Å². The molecule has 2 aromatic heterocycles. The first-order valence-corrected chi connectivity index (χ1v) is 13.3. The monoisotopic (exact) mass is 553 g/mol. The molecular weight excluding hydrogens is 530 g/mol. The largest absolute Gasteiger partial charge is 0.462 e. The van der Waals surface area contributed by atoms with Crippen LogP contribution in [0.3, 0.4) is 0 Å². The predicted octanol–water partition coefficient (Wildman–Crippen LogP) is 6.95. The van der Waals surface area contributed by atoms with Crippen LogP contribution in [0.25, 0.3) is 17.4 Å². The summed E-state index contributed by atoms with van der Waals surface area (Å²) in [5.74, 6) is -0.617. The van der Waals surface area contributed by atoms with Crippen molar-refractivity contribution in [2.45, 2.75) is 45.4 Å². The van der Waals surface area contributed by atoms with E-state index in [-0.39, 0.29) is 22.0 Å². The number of anilines is 1. The van der Waals surface area contributed by atoms with Crippen molar-refractivity contribution in [1.29, 1.82) is 5.26 Å². The number of furan rings is 1. The van der Waals surface area contributed by atoms with Crippen molar-refractivity contribution in [3.05, 3.63) is 72.8 Å². The van der Waals surface area contributed by atoms with Gasteiger partial charge in [-0.05, 0) is 55.9 Å². The van der Waals surface area contributed by atoms with E-state index in [1.165, 1.54) is 35.6 Å². The fraction of sp³-hybridized carbons (Fsp3) is 0.296. The number of fused-ring (bicyclic) bond motifs is 1. The lowest BCUT2D eigenvalue weighted by Crippen LogP contribution is -2.17. The van der Waals surface area contributed by atoms with Gasteiger partial charge in [0.1, 0.15) is 28.2 Å². The van der Waals surface area contributed by atoms with Crippen LogP contribution in [0, 0.1) is 21.4 Å². The number of unbranched alkanes of at least 4 members (excludes halogenated alkanes) is 1. The van der Waals surface area contributed by atoms with Gasteiger partial charge in [0.15, 0.2) is 0 Å². The average molecular weight is 554 g/mol. The molecule has 0 spiro atoms. The molecule has 1 amide bonds. The zero-order valence-electron chi connectivity index (χ0n) is 20.5. The number of nitro groups is 1. The number of carbonyl (C=O) groups is 2. The summed E-state index contributed by atoms with van der Waals surface area (Å²) in [5, 5.41) is 23.9. The summed E-state index contributed by atoms with van der Waals surface area (Å²) >= 11 is 7.52. The summed E-state index contributed by atoms with van der Waals surface area (Å²) in [6, 6.07) is 9.00. The van der Waals surface area contributed by atoms with Crippen LogP contribution < -0.4 is 5.32 Å². The number of nitriles is 1.